The van der Waals surface area contributed by atoms with Crippen molar-refractivity contribution in [2.45, 2.75) is 43.9 Å². The number of nitrogens with two attached hydrogens (primary N) is 1. The molecule has 0 aromatic carbocycles. The maximum atomic E-state index is 5.79. The maximum absolute atomic E-state index is 5.79. The topological polar surface area (TPSA) is 61.0 Å². The largest absolute Gasteiger partial charge is 0.478 e. The fraction of sp³-hybridized carbons (Fsp3) is 0.733. The van der Waals surface area contributed by atoms with Crippen molar-refractivity contribution < 1.29 is 4.74 Å². The molecule has 0 aliphatic heterocycles. The number of ether oxygens (including phenoxy) is 1. The van der Waals surface area contributed by atoms with Crippen LogP contribution in [0.5, 0.6) is 5.88 Å². The molecule has 0 saturated heterocycles. The van der Waals surface area contributed by atoms with E-state index < -0.39 is 0 Å². The lowest BCUT2D eigenvalue weighted by Crippen LogP contribution is -2.49. The smallest absolute Gasteiger partial charge is 0.257 e. The summed E-state index contributed by atoms with van der Waals surface area (Å²) in [5, 5.41) is 0. The molecule has 1 heterocycles. The van der Waals surface area contributed by atoms with Crippen LogP contribution in [0.25, 0.3) is 0 Å². The van der Waals surface area contributed by atoms with E-state index in [1.807, 2.05) is 6.20 Å². The summed E-state index contributed by atoms with van der Waals surface area (Å²) in [5.74, 6) is 3.63. The number of hydrogen-bond acceptors (Lipinski definition) is 4. The molecular weight excluding hydrogens is 238 g/mol. The lowest BCUT2D eigenvalue weighted by Gasteiger charge is -2.56. The van der Waals surface area contributed by atoms with Gasteiger partial charge in [-0.05, 0) is 56.3 Å². The van der Waals surface area contributed by atoms with Crippen LogP contribution in [0.1, 0.15) is 44.2 Å². The predicted octanol–water partition coefficient (Wildman–Crippen LogP) is 2.54. The summed E-state index contributed by atoms with van der Waals surface area (Å²) in [6.07, 6.45) is 10.1. The second kappa shape index (κ2) is 3.84. The fourth-order valence-corrected chi connectivity index (χ4v) is 5.21. The molecule has 0 amide bonds. The van der Waals surface area contributed by atoms with Crippen molar-refractivity contribution in [2.75, 3.05) is 12.8 Å². The van der Waals surface area contributed by atoms with Gasteiger partial charge in [0, 0.05) is 5.41 Å². The zero-order valence-corrected chi connectivity index (χ0v) is 11.4. The van der Waals surface area contributed by atoms with Crippen LogP contribution in [0.15, 0.2) is 6.20 Å². The molecule has 0 unspecified atom stereocenters. The minimum atomic E-state index is 0.267. The Balaban J connectivity index is 1.75. The first-order valence-electron chi connectivity index (χ1n) is 7.35. The van der Waals surface area contributed by atoms with Gasteiger partial charge in [0.05, 0.1) is 19.0 Å². The van der Waals surface area contributed by atoms with E-state index >= 15 is 0 Å². The minimum Gasteiger partial charge on any atom is -0.478 e. The van der Waals surface area contributed by atoms with Gasteiger partial charge in [0.15, 0.2) is 5.82 Å². The van der Waals surface area contributed by atoms with Gasteiger partial charge in [-0.1, -0.05) is 0 Å². The zero-order valence-electron chi connectivity index (χ0n) is 11.4. The molecule has 0 atom stereocenters. The van der Waals surface area contributed by atoms with E-state index in [-0.39, 0.29) is 5.41 Å². The van der Waals surface area contributed by atoms with E-state index in [1.54, 1.807) is 7.11 Å². The third-order valence-electron chi connectivity index (χ3n) is 5.54. The van der Waals surface area contributed by atoms with Gasteiger partial charge < -0.3 is 10.5 Å². The number of anilines is 1. The van der Waals surface area contributed by atoms with Crippen molar-refractivity contribution >= 4 is 5.82 Å². The normalized spacial score (nSPS) is 39.5. The van der Waals surface area contributed by atoms with E-state index in [0.717, 1.165) is 23.4 Å². The third-order valence-corrected chi connectivity index (χ3v) is 5.54. The Morgan fingerprint density at radius 2 is 1.74 bits per heavy atom. The van der Waals surface area contributed by atoms with Crippen LogP contribution < -0.4 is 10.5 Å². The van der Waals surface area contributed by atoms with Gasteiger partial charge in [-0.15, -0.1) is 0 Å². The van der Waals surface area contributed by atoms with E-state index in [0.29, 0.717) is 11.7 Å². The number of methoxy groups -OCH3 is 1. The molecule has 4 saturated carbocycles. The molecule has 4 fully saturated rings. The van der Waals surface area contributed by atoms with Crippen molar-refractivity contribution in [2.24, 2.45) is 17.8 Å². The summed E-state index contributed by atoms with van der Waals surface area (Å²) in [6, 6.07) is 0. The molecule has 1 aromatic heterocycles. The monoisotopic (exact) mass is 259 g/mol. The number of hydrogen-bond donors (Lipinski definition) is 1. The fourth-order valence-electron chi connectivity index (χ4n) is 5.21. The molecule has 0 radical (unpaired) electrons. The lowest BCUT2D eigenvalue weighted by atomic mass is 9.49. The first-order chi connectivity index (χ1) is 9.18. The molecular formula is C15H21N3O. The first kappa shape index (κ1) is 11.5. The molecule has 4 nitrogen and oxygen atoms in total. The highest BCUT2D eigenvalue weighted by molar-refractivity contribution is 5.41. The van der Waals surface area contributed by atoms with E-state index in [2.05, 4.69) is 9.97 Å². The molecule has 5 rings (SSSR count). The minimum absolute atomic E-state index is 0.267. The van der Waals surface area contributed by atoms with E-state index in [4.69, 9.17) is 10.5 Å². The highest BCUT2D eigenvalue weighted by atomic mass is 16.5. The number of rotatable bonds is 2. The van der Waals surface area contributed by atoms with Crippen LogP contribution in [0.2, 0.25) is 0 Å². The Morgan fingerprint density at radius 1 is 1.16 bits per heavy atom. The van der Waals surface area contributed by atoms with Crippen LogP contribution in [-0.4, -0.2) is 17.1 Å². The molecule has 19 heavy (non-hydrogen) atoms. The van der Waals surface area contributed by atoms with Gasteiger partial charge in [-0.3, -0.25) is 0 Å². The van der Waals surface area contributed by atoms with Gasteiger partial charge >= 0.3 is 0 Å². The van der Waals surface area contributed by atoms with Crippen LogP contribution in [0.4, 0.5) is 5.82 Å². The molecule has 102 valence electrons. The second-order valence-corrected chi connectivity index (χ2v) is 6.85. The van der Waals surface area contributed by atoms with Gasteiger partial charge in [0.2, 0.25) is 0 Å². The molecule has 4 heteroatoms. The molecule has 4 aliphatic carbocycles. The number of aromatic nitrogens is 2. The average Bonchev–Trinajstić information content (AvgIpc) is 2.37. The van der Waals surface area contributed by atoms with Gasteiger partial charge in [-0.2, -0.15) is 0 Å². The van der Waals surface area contributed by atoms with Gasteiger partial charge in [0.1, 0.15) is 0 Å². The van der Waals surface area contributed by atoms with Crippen molar-refractivity contribution in [3.05, 3.63) is 11.9 Å². The second-order valence-electron chi connectivity index (χ2n) is 6.85. The SMILES string of the molecule is COc1nc(C23CC4CC(CC(C4)C2)C3)cnc1N. The van der Waals surface area contributed by atoms with Crippen molar-refractivity contribution in [3.63, 3.8) is 0 Å². The molecule has 2 N–H and O–H groups in total. The Labute approximate surface area is 113 Å². The summed E-state index contributed by atoms with van der Waals surface area (Å²) in [4.78, 5) is 8.97. The van der Waals surface area contributed by atoms with Crippen molar-refractivity contribution in [1.29, 1.82) is 0 Å². The van der Waals surface area contributed by atoms with Crippen LogP contribution in [-0.2, 0) is 5.41 Å². The van der Waals surface area contributed by atoms with Crippen LogP contribution in [0, 0.1) is 17.8 Å². The summed E-state index contributed by atoms with van der Waals surface area (Å²) in [7, 11) is 1.61. The number of nitrogen functional groups attached to an aromatic ring is 1. The lowest BCUT2D eigenvalue weighted by molar-refractivity contribution is -0.00756. The third kappa shape index (κ3) is 1.65. The maximum Gasteiger partial charge on any atom is 0.257 e. The van der Waals surface area contributed by atoms with Gasteiger partial charge in [-0.25, -0.2) is 9.97 Å². The van der Waals surface area contributed by atoms with E-state index in [9.17, 15) is 0 Å². The van der Waals surface area contributed by atoms with E-state index in [1.165, 1.54) is 38.5 Å². The Hall–Kier alpha value is -1.32. The summed E-state index contributed by atoms with van der Waals surface area (Å²) >= 11 is 0. The molecule has 4 aliphatic rings. The zero-order chi connectivity index (χ0) is 13.0. The van der Waals surface area contributed by atoms with Gasteiger partial charge in [0.25, 0.3) is 5.88 Å². The molecule has 4 bridgehead atoms. The summed E-state index contributed by atoms with van der Waals surface area (Å²) in [5.41, 5.74) is 7.18. The highest BCUT2D eigenvalue weighted by Gasteiger charge is 2.52. The summed E-state index contributed by atoms with van der Waals surface area (Å²) in [6.45, 7) is 0. The van der Waals surface area contributed by atoms with Crippen LogP contribution >= 0.6 is 0 Å². The Morgan fingerprint density at radius 3 is 2.26 bits per heavy atom. The summed E-state index contributed by atoms with van der Waals surface area (Å²) < 4.78 is 5.25. The van der Waals surface area contributed by atoms with Crippen molar-refractivity contribution in [3.8, 4) is 5.88 Å². The molecule has 0 spiro atoms. The standard InChI is InChI=1S/C15H21N3O/c1-19-14-13(16)17-8-12(18-14)15-5-9-2-10(6-15)4-11(3-9)7-15/h8-11H,2-7H2,1H3,(H2,16,17). The number of nitrogens with zero attached hydrogens (tertiary/aromatic N) is 2. The first-order valence-corrected chi connectivity index (χ1v) is 7.35. The predicted molar refractivity (Wildman–Crippen MR) is 72.8 cm³/mol. The average molecular weight is 259 g/mol. The molecule has 1 aromatic rings. The van der Waals surface area contributed by atoms with Crippen LogP contribution in [0.3, 0.4) is 0 Å². The Bertz CT molecular complexity index is 479. The quantitative estimate of drug-likeness (QED) is 0.886. The van der Waals surface area contributed by atoms with Crippen molar-refractivity contribution in [1.82, 2.24) is 9.97 Å². The Kier molecular flexibility index (Phi) is 2.32. The highest BCUT2D eigenvalue weighted by Crippen LogP contribution is 2.60.